The van der Waals surface area contributed by atoms with E-state index >= 15 is 0 Å². The van der Waals surface area contributed by atoms with Gasteiger partial charge in [0.1, 0.15) is 10.2 Å². The number of hydrogen-bond donors (Lipinski definition) is 1. The van der Waals surface area contributed by atoms with E-state index in [1.54, 1.807) is 39.1 Å². The van der Waals surface area contributed by atoms with Crippen LogP contribution in [0.4, 0.5) is 4.79 Å². The van der Waals surface area contributed by atoms with Gasteiger partial charge in [0.2, 0.25) is 0 Å². The number of nitrogens with one attached hydrogen (secondary N) is 1. The number of halogens is 1. The van der Waals surface area contributed by atoms with E-state index in [1.165, 1.54) is 7.11 Å². The number of rotatable bonds is 4. The SMILES string of the molecule is COC(=O)C[C@H](NC(=O)OC(C)(C)C)c1ccnc(Br)c1. The Balaban J connectivity index is 2.87. The van der Waals surface area contributed by atoms with Crippen LogP contribution in [0.25, 0.3) is 0 Å². The fourth-order valence-corrected chi connectivity index (χ4v) is 1.97. The van der Waals surface area contributed by atoms with Crippen LogP contribution in [0, 0.1) is 0 Å². The van der Waals surface area contributed by atoms with Gasteiger partial charge in [0.15, 0.2) is 0 Å². The Labute approximate surface area is 132 Å². The second kappa shape index (κ2) is 7.40. The normalized spacial score (nSPS) is 12.4. The minimum atomic E-state index is -0.612. The summed E-state index contributed by atoms with van der Waals surface area (Å²) in [5.74, 6) is -0.427. The monoisotopic (exact) mass is 358 g/mol. The second-order valence-corrected chi connectivity index (χ2v) is 6.20. The minimum absolute atomic E-state index is 0.00615. The molecule has 0 fully saturated rings. The molecule has 1 aromatic rings. The van der Waals surface area contributed by atoms with Gasteiger partial charge in [0.25, 0.3) is 0 Å². The van der Waals surface area contributed by atoms with Crippen LogP contribution in [0.3, 0.4) is 0 Å². The van der Waals surface area contributed by atoms with Gasteiger partial charge in [0, 0.05) is 6.20 Å². The number of amides is 1. The lowest BCUT2D eigenvalue weighted by Crippen LogP contribution is -2.36. The smallest absolute Gasteiger partial charge is 0.408 e. The number of carbonyl (C=O) groups is 2. The van der Waals surface area contributed by atoms with Gasteiger partial charge in [0.05, 0.1) is 19.6 Å². The molecule has 21 heavy (non-hydrogen) atoms. The molecule has 7 heteroatoms. The lowest BCUT2D eigenvalue weighted by molar-refractivity contribution is -0.141. The van der Waals surface area contributed by atoms with E-state index in [2.05, 4.69) is 31.0 Å². The maximum absolute atomic E-state index is 11.9. The molecule has 0 aliphatic carbocycles. The first kappa shape index (κ1) is 17.4. The quantitative estimate of drug-likeness (QED) is 0.661. The third-order valence-electron chi connectivity index (χ3n) is 2.44. The van der Waals surface area contributed by atoms with E-state index in [4.69, 9.17) is 4.74 Å². The molecule has 116 valence electrons. The number of ether oxygens (including phenoxy) is 2. The summed E-state index contributed by atoms with van der Waals surface area (Å²) in [5, 5.41) is 2.67. The van der Waals surface area contributed by atoms with E-state index in [9.17, 15) is 9.59 Å². The molecule has 6 nitrogen and oxygen atoms in total. The van der Waals surface area contributed by atoms with Crippen LogP contribution in [0.15, 0.2) is 22.9 Å². The Kier molecular flexibility index (Phi) is 6.14. The molecule has 0 aliphatic heterocycles. The maximum Gasteiger partial charge on any atom is 0.408 e. The summed E-state index contributed by atoms with van der Waals surface area (Å²) in [6.45, 7) is 5.31. The summed E-state index contributed by atoms with van der Waals surface area (Å²) in [6.07, 6.45) is 0.997. The molecule has 1 heterocycles. The van der Waals surface area contributed by atoms with Crippen molar-refractivity contribution in [3.05, 3.63) is 28.5 Å². The zero-order valence-electron chi connectivity index (χ0n) is 12.5. The van der Waals surface area contributed by atoms with Gasteiger partial charge >= 0.3 is 12.1 Å². The van der Waals surface area contributed by atoms with Crippen LogP contribution in [-0.2, 0) is 14.3 Å². The number of alkyl carbamates (subject to hydrolysis) is 1. The summed E-state index contributed by atoms with van der Waals surface area (Å²) in [5.41, 5.74) is 0.117. The lowest BCUT2D eigenvalue weighted by atomic mass is 10.1. The Bertz CT molecular complexity index is 514. The molecule has 0 radical (unpaired) electrons. The second-order valence-electron chi connectivity index (χ2n) is 5.39. The molecule has 1 atom stereocenters. The Morgan fingerprint density at radius 3 is 2.62 bits per heavy atom. The van der Waals surface area contributed by atoms with Crippen molar-refractivity contribution in [1.29, 1.82) is 0 Å². The Hall–Kier alpha value is -1.63. The summed E-state index contributed by atoms with van der Waals surface area (Å²) < 4.78 is 10.5. The molecule has 0 bridgehead atoms. The van der Waals surface area contributed by atoms with Gasteiger partial charge < -0.3 is 14.8 Å². The first-order valence-corrected chi connectivity index (χ1v) is 7.18. The van der Waals surface area contributed by atoms with Crippen molar-refractivity contribution >= 4 is 28.0 Å². The maximum atomic E-state index is 11.9. The van der Waals surface area contributed by atoms with Gasteiger partial charge in [-0.15, -0.1) is 0 Å². The summed E-state index contributed by atoms with van der Waals surface area (Å²) in [4.78, 5) is 27.4. The van der Waals surface area contributed by atoms with Crippen LogP contribution in [0.5, 0.6) is 0 Å². The number of esters is 1. The third-order valence-corrected chi connectivity index (χ3v) is 2.88. The summed E-state index contributed by atoms with van der Waals surface area (Å²) in [6, 6.07) is 2.90. The number of nitrogens with zero attached hydrogens (tertiary/aromatic N) is 1. The van der Waals surface area contributed by atoms with Crippen molar-refractivity contribution in [1.82, 2.24) is 10.3 Å². The van der Waals surface area contributed by atoms with Gasteiger partial charge in [-0.25, -0.2) is 9.78 Å². The van der Waals surface area contributed by atoms with Crippen molar-refractivity contribution in [3.8, 4) is 0 Å². The fraction of sp³-hybridized carbons (Fsp3) is 0.500. The highest BCUT2D eigenvalue weighted by atomic mass is 79.9. The molecule has 1 amide bonds. The van der Waals surface area contributed by atoms with Gasteiger partial charge in [-0.2, -0.15) is 0 Å². The molecular formula is C14H19BrN2O4. The van der Waals surface area contributed by atoms with Crippen LogP contribution in [0.1, 0.15) is 38.8 Å². The number of carbonyl (C=O) groups excluding carboxylic acids is 2. The molecule has 1 N–H and O–H groups in total. The van der Waals surface area contributed by atoms with Crippen molar-refractivity contribution in [2.75, 3.05) is 7.11 Å². The summed E-state index contributed by atoms with van der Waals surface area (Å²) >= 11 is 3.26. The van der Waals surface area contributed by atoms with Crippen LogP contribution in [0.2, 0.25) is 0 Å². The minimum Gasteiger partial charge on any atom is -0.469 e. The van der Waals surface area contributed by atoms with E-state index < -0.39 is 23.7 Å². The highest BCUT2D eigenvalue weighted by Gasteiger charge is 2.23. The van der Waals surface area contributed by atoms with E-state index in [0.29, 0.717) is 4.60 Å². The topological polar surface area (TPSA) is 77.5 Å². The van der Waals surface area contributed by atoms with Gasteiger partial charge in [-0.3, -0.25) is 4.79 Å². The molecule has 0 unspecified atom stereocenters. The Morgan fingerprint density at radius 2 is 2.10 bits per heavy atom. The van der Waals surface area contributed by atoms with Crippen molar-refractivity contribution < 1.29 is 19.1 Å². The van der Waals surface area contributed by atoms with E-state index in [0.717, 1.165) is 5.56 Å². The molecule has 0 spiro atoms. The molecule has 1 rings (SSSR count). The molecular weight excluding hydrogens is 340 g/mol. The van der Waals surface area contributed by atoms with Crippen molar-refractivity contribution in [3.63, 3.8) is 0 Å². The highest BCUT2D eigenvalue weighted by molar-refractivity contribution is 9.10. The zero-order valence-corrected chi connectivity index (χ0v) is 14.1. The zero-order chi connectivity index (χ0) is 16.0. The predicted octanol–water partition coefficient (Wildman–Crippen LogP) is 2.97. The van der Waals surface area contributed by atoms with E-state index in [-0.39, 0.29) is 6.42 Å². The largest absolute Gasteiger partial charge is 0.469 e. The number of hydrogen-bond acceptors (Lipinski definition) is 5. The number of pyridine rings is 1. The van der Waals surface area contributed by atoms with E-state index in [1.807, 2.05) is 0 Å². The van der Waals surface area contributed by atoms with Gasteiger partial charge in [-0.05, 0) is 54.4 Å². The fourth-order valence-electron chi connectivity index (χ4n) is 1.59. The predicted molar refractivity (Wildman–Crippen MR) is 80.7 cm³/mol. The van der Waals surface area contributed by atoms with Gasteiger partial charge in [-0.1, -0.05) is 0 Å². The summed E-state index contributed by atoms with van der Waals surface area (Å²) in [7, 11) is 1.30. The standard InChI is InChI=1S/C14H19BrN2O4/c1-14(2,3)21-13(19)17-10(8-12(18)20-4)9-5-6-16-11(15)7-9/h5-7,10H,8H2,1-4H3,(H,17,19)/t10-/m0/s1. The average molecular weight is 359 g/mol. The third kappa shape index (κ3) is 6.57. The first-order valence-electron chi connectivity index (χ1n) is 6.39. The highest BCUT2D eigenvalue weighted by Crippen LogP contribution is 2.20. The molecule has 0 saturated carbocycles. The average Bonchev–Trinajstić information content (AvgIpc) is 2.35. The van der Waals surface area contributed by atoms with Crippen LogP contribution < -0.4 is 5.32 Å². The van der Waals surface area contributed by atoms with Crippen molar-refractivity contribution in [2.24, 2.45) is 0 Å². The van der Waals surface area contributed by atoms with Crippen LogP contribution >= 0.6 is 15.9 Å². The molecule has 0 saturated heterocycles. The molecule has 0 aliphatic rings. The molecule has 0 aromatic carbocycles. The number of methoxy groups -OCH3 is 1. The molecule has 1 aromatic heterocycles. The van der Waals surface area contributed by atoms with Crippen LogP contribution in [-0.4, -0.2) is 29.8 Å². The number of aromatic nitrogens is 1. The van der Waals surface area contributed by atoms with Crippen molar-refractivity contribution in [2.45, 2.75) is 38.8 Å². The first-order chi connectivity index (χ1) is 9.71. The Morgan fingerprint density at radius 1 is 1.43 bits per heavy atom. The lowest BCUT2D eigenvalue weighted by Gasteiger charge is -2.23.